The van der Waals surface area contributed by atoms with Crippen LogP contribution in [0.5, 0.6) is 0 Å². The van der Waals surface area contributed by atoms with Gasteiger partial charge in [-0.25, -0.2) is 4.98 Å². The number of nitrogens with one attached hydrogen (secondary N) is 1. The predicted octanol–water partition coefficient (Wildman–Crippen LogP) is 4.20. The molecule has 0 bridgehead atoms. The number of aryl methyl sites for hydroxylation is 1. The van der Waals surface area contributed by atoms with Crippen molar-refractivity contribution in [2.24, 2.45) is 11.7 Å². The summed E-state index contributed by atoms with van der Waals surface area (Å²) in [6.07, 6.45) is 9.78. The minimum atomic E-state index is -0.363. The van der Waals surface area contributed by atoms with E-state index >= 15 is 0 Å². The summed E-state index contributed by atoms with van der Waals surface area (Å²) in [6, 6.07) is 9.82. The van der Waals surface area contributed by atoms with Crippen molar-refractivity contribution in [2.75, 3.05) is 6.54 Å². The highest BCUT2D eigenvalue weighted by atomic mass is 32.1. The van der Waals surface area contributed by atoms with Crippen LogP contribution in [0.1, 0.15) is 65.4 Å². The Labute approximate surface area is 186 Å². The first-order valence-electron chi connectivity index (χ1n) is 11.0. The van der Waals surface area contributed by atoms with Crippen molar-refractivity contribution in [3.63, 3.8) is 0 Å². The van der Waals surface area contributed by atoms with Crippen LogP contribution in [0.3, 0.4) is 0 Å². The van der Waals surface area contributed by atoms with Gasteiger partial charge in [-0.3, -0.25) is 14.6 Å². The van der Waals surface area contributed by atoms with Crippen molar-refractivity contribution in [1.82, 2.24) is 15.3 Å². The van der Waals surface area contributed by atoms with Gasteiger partial charge in [0.15, 0.2) is 0 Å². The van der Waals surface area contributed by atoms with Gasteiger partial charge in [-0.15, -0.1) is 11.3 Å². The first-order valence-corrected chi connectivity index (χ1v) is 11.8. The van der Waals surface area contributed by atoms with Gasteiger partial charge in [0.25, 0.3) is 5.91 Å². The lowest BCUT2D eigenvalue weighted by Crippen LogP contribution is -2.31. The molecule has 7 heteroatoms. The standard InChI is InChI=1S/C24H28N4O2S/c25-23(30)22-21(19-7-4-14-27-24(19)31-22)17-11-9-16(10-12-17)15-28-20(29)8-3-6-18-5-1-2-13-26-18/h1-2,4-5,7,13-14,16-17H,3,6,8-12,15H2,(H2,25,30)(H,28,29). The van der Waals surface area contributed by atoms with E-state index in [2.05, 4.69) is 15.3 Å². The molecule has 0 spiro atoms. The highest BCUT2D eigenvalue weighted by Crippen LogP contribution is 2.42. The minimum Gasteiger partial charge on any atom is -0.365 e. The summed E-state index contributed by atoms with van der Waals surface area (Å²) in [7, 11) is 0. The van der Waals surface area contributed by atoms with E-state index in [9.17, 15) is 9.59 Å². The number of nitrogens with two attached hydrogens (primary N) is 1. The lowest BCUT2D eigenvalue weighted by atomic mass is 9.78. The number of thiophene rings is 1. The van der Waals surface area contributed by atoms with Crippen molar-refractivity contribution in [1.29, 1.82) is 0 Å². The van der Waals surface area contributed by atoms with E-state index in [0.717, 1.165) is 66.5 Å². The van der Waals surface area contributed by atoms with Crippen LogP contribution in [0, 0.1) is 5.92 Å². The highest BCUT2D eigenvalue weighted by molar-refractivity contribution is 7.20. The van der Waals surface area contributed by atoms with Crippen LogP contribution in [0.15, 0.2) is 42.7 Å². The zero-order valence-electron chi connectivity index (χ0n) is 17.5. The second kappa shape index (κ2) is 10.0. The van der Waals surface area contributed by atoms with E-state index in [1.165, 1.54) is 11.3 Å². The molecule has 4 rings (SSSR count). The molecule has 0 saturated heterocycles. The van der Waals surface area contributed by atoms with E-state index in [1.54, 1.807) is 12.4 Å². The van der Waals surface area contributed by atoms with E-state index in [1.807, 2.05) is 30.3 Å². The summed E-state index contributed by atoms with van der Waals surface area (Å²) in [5.41, 5.74) is 7.77. The first-order chi connectivity index (χ1) is 15.1. The van der Waals surface area contributed by atoms with E-state index in [-0.39, 0.29) is 11.8 Å². The Hall–Kier alpha value is -2.80. The van der Waals surface area contributed by atoms with Crippen LogP contribution in [-0.2, 0) is 11.2 Å². The average Bonchev–Trinajstić information content (AvgIpc) is 3.19. The summed E-state index contributed by atoms with van der Waals surface area (Å²) < 4.78 is 0. The van der Waals surface area contributed by atoms with Gasteiger partial charge in [0, 0.05) is 36.4 Å². The number of carbonyl (C=O) groups excluding carboxylic acids is 2. The Morgan fingerprint density at radius 2 is 1.87 bits per heavy atom. The van der Waals surface area contributed by atoms with Crippen molar-refractivity contribution in [3.05, 3.63) is 58.9 Å². The number of aromatic nitrogens is 2. The van der Waals surface area contributed by atoms with Crippen LogP contribution < -0.4 is 11.1 Å². The van der Waals surface area contributed by atoms with Gasteiger partial charge in [0.1, 0.15) is 4.83 Å². The maximum absolute atomic E-state index is 12.2. The predicted molar refractivity (Wildman–Crippen MR) is 123 cm³/mol. The number of pyridine rings is 2. The summed E-state index contributed by atoms with van der Waals surface area (Å²) in [5.74, 6) is 0.559. The fraction of sp³-hybridized carbons (Fsp3) is 0.417. The lowest BCUT2D eigenvalue weighted by molar-refractivity contribution is -0.121. The summed E-state index contributed by atoms with van der Waals surface area (Å²) in [4.78, 5) is 34.4. The number of fused-ring (bicyclic) bond motifs is 1. The molecule has 2 amide bonds. The van der Waals surface area contributed by atoms with Crippen LogP contribution in [0.2, 0.25) is 0 Å². The maximum Gasteiger partial charge on any atom is 0.259 e. The third-order valence-electron chi connectivity index (χ3n) is 6.13. The van der Waals surface area contributed by atoms with Crippen molar-refractivity contribution < 1.29 is 9.59 Å². The molecule has 1 saturated carbocycles. The molecule has 31 heavy (non-hydrogen) atoms. The molecular formula is C24H28N4O2S. The van der Waals surface area contributed by atoms with Gasteiger partial charge in [0.2, 0.25) is 5.91 Å². The Morgan fingerprint density at radius 1 is 1.06 bits per heavy atom. The largest absolute Gasteiger partial charge is 0.365 e. The van der Waals surface area contributed by atoms with Gasteiger partial charge in [0.05, 0.1) is 4.88 Å². The third kappa shape index (κ3) is 5.28. The molecule has 0 atom stereocenters. The van der Waals surface area contributed by atoms with Crippen LogP contribution in [0.25, 0.3) is 10.2 Å². The SMILES string of the molecule is NC(=O)c1sc2ncccc2c1C1CCC(CNC(=O)CCCc2ccccn2)CC1. The fourth-order valence-electron chi connectivity index (χ4n) is 4.52. The average molecular weight is 437 g/mol. The highest BCUT2D eigenvalue weighted by Gasteiger charge is 2.28. The number of hydrogen-bond donors (Lipinski definition) is 2. The van der Waals surface area contributed by atoms with Gasteiger partial charge in [-0.2, -0.15) is 0 Å². The second-order valence-electron chi connectivity index (χ2n) is 8.26. The summed E-state index contributed by atoms with van der Waals surface area (Å²) in [5, 5.41) is 4.17. The van der Waals surface area contributed by atoms with Gasteiger partial charge >= 0.3 is 0 Å². The molecule has 1 aliphatic rings. The number of amides is 2. The number of hydrogen-bond acceptors (Lipinski definition) is 5. The van der Waals surface area contributed by atoms with E-state index in [4.69, 9.17) is 5.73 Å². The normalized spacial score (nSPS) is 18.7. The molecule has 0 radical (unpaired) electrons. The molecule has 6 nitrogen and oxygen atoms in total. The molecule has 1 aliphatic carbocycles. The molecule has 3 aromatic rings. The lowest BCUT2D eigenvalue weighted by Gasteiger charge is -2.29. The zero-order valence-corrected chi connectivity index (χ0v) is 18.4. The number of primary amides is 1. The van der Waals surface area contributed by atoms with Crippen LogP contribution in [-0.4, -0.2) is 28.3 Å². The zero-order chi connectivity index (χ0) is 21.6. The summed E-state index contributed by atoms with van der Waals surface area (Å²) >= 11 is 1.40. The van der Waals surface area contributed by atoms with Crippen LogP contribution in [0.4, 0.5) is 0 Å². The smallest absolute Gasteiger partial charge is 0.259 e. The molecular weight excluding hydrogens is 408 g/mol. The number of rotatable bonds is 8. The fourth-order valence-corrected chi connectivity index (χ4v) is 5.60. The number of carbonyl (C=O) groups is 2. The van der Waals surface area contributed by atoms with Gasteiger partial charge in [-0.1, -0.05) is 12.1 Å². The second-order valence-corrected chi connectivity index (χ2v) is 9.26. The molecule has 162 valence electrons. The van der Waals surface area contributed by atoms with Crippen LogP contribution >= 0.6 is 11.3 Å². The minimum absolute atomic E-state index is 0.115. The maximum atomic E-state index is 12.2. The van der Waals surface area contributed by atoms with E-state index in [0.29, 0.717) is 23.1 Å². The number of nitrogens with zero attached hydrogens (tertiary/aromatic N) is 2. The van der Waals surface area contributed by atoms with Gasteiger partial charge < -0.3 is 11.1 Å². The quantitative estimate of drug-likeness (QED) is 0.553. The third-order valence-corrected chi connectivity index (χ3v) is 7.28. The molecule has 0 aromatic carbocycles. The van der Waals surface area contributed by atoms with Gasteiger partial charge in [-0.05, 0) is 74.1 Å². The Bertz CT molecular complexity index is 1040. The Balaban J connectivity index is 1.26. The Kier molecular flexibility index (Phi) is 6.92. The first kappa shape index (κ1) is 21.4. The molecule has 3 N–H and O–H groups in total. The van der Waals surface area contributed by atoms with Crippen molar-refractivity contribution in [3.8, 4) is 0 Å². The molecule has 0 aliphatic heterocycles. The van der Waals surface area contributed by atoms with Crippen molar-refractivity contribution >= 4 is 33.4 Å². The van der Waals surface area contributed by atoms with E-state index < -0.39 is 0 Å². The molecule has 0 unspecified atom stereocenters. The monoisotopic (exact) mass is 436 g/mol. The summed E-state index contributed by atoms with van der Waals surface area (Å²) in [6.45, 7) is 0.726. The van der Waals surface area contributed by atoms with Crippen molar-refractivity contribution in [2.45, 2.75) is 50.9 Å². The molecule has 3 aromatic heterocycles. The topological polar surface area (TPSA) is 98.0 Å². The molecule has 3 heterocycles. The Morgan fingerprint density at radius 3 is 2.61 bits per heavy atom. The molecule has 1 fully saturated rings.